The second kappa shape index (κ2) is 8.60. The molecule has 0 saturated carbocycles. The van der Waals surface area contributed by atoms with E-state index in [4.69, 9.17) is 4.74 Å². The molecule has 6 nitrogen and oxygen atoms in total. The Hall–Kier alpha value is -1.44. The van der Waals surface area contributed by atoms with Crippen LogP contribution in [0.15, 0.2) is 24.3 Å². The lowest BCUT2D eigenvalue weighted by atomic mass is 10.00. The first-order valence-corrected chi connectivity index (χ1v) is 10.1. The van der Waals surface area contributed by atoms with Crippen LogP contribution in [0.1, 0.15) is 24.0 Å². The van der Waals surface area contributed by atoms with Gasteiger partial charge in [-0.3, -0.25) is 4.79 Å². The Kier molecular flexibility index (Phi) is 6.77. The van der Waals surface area contributed by atoms with Crippen molar-refractivity contribution in [2.45, 2.75) is 25.8 Å². The Morgan fingerprint density at radius 3 is 2.62 bits per heavy atom. The summed E-state index contributed by atoms with van der Waals surface area (Å²) in [6.07, 6.45) is 2.87. The third-order valence-electron chi connectivity index (χ3n) is 4.28. The van der Waals surface area contributed by atoms with Crippen LogP contribution in [0, 0.1) is 0 Å². The lowest BCUT2D eigenvalue weighted by molar-refractivity contribution is -0.132. The van der Waals surface area contributed by atoms with Crippen molar-refractivity contribution in [3.05, 3.63) is 35.4 Å². The molecule has 2 rings (SSSR count). The molecule has 0 fully saturated rings. The minimum absolute atomic E-state index is 0.00453. The van der Waals surface area contributed by atoms with Gasteiger partial charge in [0.05, 0.1) is 6.26 Å². The van der Waals surface area contributed by atoms with E-state index < -0.39 is 10.0 Å². The third kappa shape index (κ3) is 5.29. The molecule has 0 unspecified atom stereocenters. The van der Waals surface area contributed by atoms with Crippen LogP contribution in [0.2, 0.25) is 0 Å². The van der Waals surface area contributed by atoms with Gasteiger partial charge in [-0.15, -0.1) is 0 Å². The van der Waals surface area contributed by atoms with E-state index in [0.717, 1.165) is 6.42 Å². The van der Waals surface area contributed by atoms with Crippen molar-refractivity contribution in [3.63, 3.8) is 0 Å². The normalized spacial score (nSPS) is 14.7. The average molecular weight is 354 g/mol. The summed E-state index contributed by atoms with van der Waals surface area (Å²) < 4.78 is 30.0. The Bertz CT molecular complexity index is 660. The van der Waals surface area contributed by atoms with E-state index in [1.807, 2.05) is 23.1 Å². The van der Waals surface area contributed by atoms with Crippen molar-refractivity contribution in [2.75, 3.05) is 39.6 Å². The summed E-state index contributed by atoms with van der Waals surface area (Å²) in [5.74, 6) is 0.00453. The molecule has 0 saturated heterocycles. The molecule has 7 heteroatoms. The second-order valence-electron chi connectivity index (χ2n) is 6.09. The summed E-state index contributed by atoms with van der Waals surface area (Å²) in [5.41, 5.74) is 2.47. The Balaban J connectivity index is 1.89. The summed E-state index contributed by atoms with van der Waals surface area (Å²) >= 11 is 0. The number of benzene rings is 1. The Morgan fingerprint density at radius 2 is 1.96 bits per heavy atom. The van der Waals surface area contributed by atoms with Crippen LogP contribution >= 0.6 is 0 Å². The van der Waals surface area contributed by atoms with Gasteiger partial charge >= 0.3 is 0 Å². The molecule has 1 aliphatic heterocycles. The highest BCUT2D eigenvalue weighted by Crippen LogP contribution is 2.19. The van der Waals surface area contributed by atoms with Gasteiger partial charge in [0.15, 0.2) is 0 Å². The molecule has 1 amide bonds. The van der Waals surface area contributed by atoms with Crippen molar-refractivity contribution in [1.82, 2.24) is 9.21 Å². The average Bonchev–Trinajstić information content (AvgIpc) is 2.56. The van der Waals surface area contributed by atoms with E-state index in [9.17, 15) is 13.2 Å². The summed E-state index contributed by atoms with van der Waals surface area (Å²) in [6.45, 7) is 2.40. The van der Waals surface area contributed by atoms with Gasteiger partial charge in [-0.1, -0.05) is 24.3 Å². The maximum atomic E-state index is 12.4. The van der Waals surface area contributed by atoms with E-state index >= 15 is 0 Å². The van der Waals surface area contributed by atoms with Crippen molar-refractivity contribution >= 4 is 15.9 Å². The number of hydrogen-bond donors (Lipinski definition) is 0. The first-order chi connectivity index (χ1) is 11.4. The predicted molar refractivity (Wildman–Crippen MR) is 93.1 cm³/mol. The summed E-state index contributed by atoms with van der Waals surface area (Å²) in [7, 11) is -1.73. The van der Waals surface area contributed by atoms with Gasteiger partial charge in [-0.2, -0.15) is 0 Å². The van der Waals surface area contributed by atoms with Gasteiger partial charge < -0.3 is 9.64 Å². The van der Waals surface area contributed by atoms with Gasteiger partial charge in [0.2, 0.25) is 15.9 Å². The standard InChI is InChI=1S/C17H26N2O4S/c1-23-13-5-10-19(24(2,21)22)12-9-17(20)18-11-8-15-6-3-4-7-16(15)14-18/h3-4,6-7H,5,8-14H2,1-2H3. The monoisotopic (exact) mass is 354 g/mol. The molecule has 0 N–H and O–H groups in total. The zero-order valence-electron chi connectivity index (χ0n) is 14.4. The van der Waals surface area contributed by atoms with Gasteiger partial charge in [0.25, 0.3) is 0 Å². The topological polar surface area (TPSA) is 66.9 Å². The molecule has 1 heterocycles. The number of carbonyl (C=O) groups is 1. The van der Waals surface area contributed by atoms with E-state index in [2.05, 4.69) is 6.07 Å². The number of carbonyl (C=O) groups excluding carboxylic acids is 1. The Labute approximate surface area is 144 Å². The lowest BCUT2D eigenvalue weighted by Gasteiger charge is -2.29. The molecule has 0 bridgehead atoms. The largest absolute Gasteiger partial charge is 0.385 e. The summed E-state index contributed by atoms with van der Waals surface area (Å²) in [5, 5.41) is 0. The van der Waals surface area contributed by atoms with Gasteiger partial charge in [-0.05, 0) is 24.0 Å². The first kappa shape index (κ1) is 18.9. The zero-order chi connectivity index (χ0) is 17.6. The minimum atomic E-state index is -3.31. The number of ether oxygens (including phenoxy) is 1. The highest BCUT2D eigenvalue weighted by Gasteiger charge is 2.22. The summed E-state index contributed by atoms with van der Waals surface area (Å²) in [6, 6.07) is 8.13. The molecule has 1 aliphatic rings. The van der Waals surface area contributed by atoms with Crippen LogP contribution in [0.5, 0.6) is 0 Å². The van der Waals surface area contributed by atoms with Crippen molar-refractivity contribution in [2.24, 2.45) is 0 Å². The van der Waals surface area contributed by atoms with Crippen LogP contribution in [0.3, 0.4) is 0 Å². The molecule has 0 aromatic heterocycles. The van der Waals surface area contributed by atoms with Gasteiger partial charge in [0, 0.05) is 46.3 Å². The first-order valence-electron chi connectivity index (χ1n) is 8.20. The number of fused-ring (bicyclic) bond motifs is 1. The van der Waals surface area contributed by atoms with Crippen LogP contribution in [0.25, 0.3) is 0 Å². The van der Waals surface area contributed by atoms with Crippen molar-refractivity contribution in [3.8, 4) is 0 Å². The van der Waals surface area contributed by atoms with Crippen molar-refractivity contribution < 1.29 is 17.9 Å². The molecule has 0 aliphatic carbocycles. The minimum Gasteiger partial charge on any atom is -0.385 e. The van der Waals surface area contributed by atoms with E-state index in [0.29, 0.717) is 32.7 Å². The fourth-order valence-electron chi connectivity index (χ4n) is 2.92. The summed E-state index contributed by atoms with van der Waals surface area (Å²) in [4.78, 5) is 14.3. The van der Waals surface area contributed by atoms with Crippen LogP contribution in [-0.2, 0) is 32.5 Å². The molecule has 0 atom stereocenters. The SMILES string of the molecule is COCCCN(CCC(=O)N1CCc2ccccc2C1)S(C)(=O)=O. The molecule has 24 heavy (non-hydrogen) atoms. The molecule has 1 aromatic carbocycles. The van der Waals surface area contributed by atoms with Crippen molar-refractivity contribution in [1.29, 1.82) is 0 Å². The molecular weight excluding hydrogens is 328 g/mol. The molecule has 0 spiro atoms. The maximum absolute atomic E-state index is 12.4. The van der Waals surface area contributed by atoms with E-state index in [1.165, 1.54) is 21.7 Å². The van der Waals surface area contributed by atoms with Gasteiger partial charge in [-0.25, -0.2) is 12.7 Å². The highest BCUT2D eigenvalue weighted by molar-refractivity contribution is 7.88. The number of hydrogen-bond acceptors (Lipinski definition) is 4. The van der Waals surface area contributed by atoms with Crippen LogP contribution in [-0.4, -0.2) is 63.1 Å². The smallest absolute Gasteiger partial charge is 0.224 e. The highest BCUT2D eigenvalue weighted by atomic mass is 32.2. The zero-order valence-corrected chi connectivity index (χ0v) is 15.2. The maximum Gasteiger partial charge on any atom is 0.224 e. The molecule has 0 radical (unpaired) electrons. The number of methoxy groups -OCH3 is 1. The predicted octanol–water partition coefficient (Wildman–Crippen LogP) is 1.26. The van der Waals surface area contributed by atoms with E-state index in [-0.39, 0.29) is 18.9 Å². The third-order valence-corrected chi connectivity index (χ3v) is 5.59. The quantitative estimate of drug-likeness (QED) is 0.659. The van der Waals surface area contributed by atoms with E-state index in [1.54, 1.807) is 7.11 Å². The van der Waals surface area contributed by atoms with Gasteiger partial charge in [0.1, 0.15) is 0 Å². The molecule has 1 aromatic rings. The second-order valence-corrected chi connectivity index (χ2v) is 8.07. The Morgan fingerprint density at radius 1 is 1.25 bits per heavy atom. The number of amides is 1. The van der Waals surface area contributed by atoms with Crippen LogP contribution < -0.4 is 0 Å². The fraction of sp³-hybridized carbons (Fsp3) is 0.588. The number of rotatable bonds is 8. The van der Waals surface area contributed by atoms with Crippen LogP contribution in [0.4, 0.5) is 0 Å². The number of nitrogens with zero attached hydrogens (tertiary/aromatic N) is 2. The molecule has 134 valence electrons. The number of sulfonamides is 1. The molecular formula is C17H26N2O4S. The lowest BCUT2D eigenvalue weighted by Crippen LogP contribution is -2.39. The fourth-order valence-corrected chi connectivity index (χ4v) is 3.80.